The van der Waals surface area contributed by atoms with Gasteiger partial charge in [0.15, 0.2) is 5.11 Å². The monoisotopic (exact) mass is 439 g/mol. The number of unbranched alkanes of at least 4 members (excludes halogenated alkanes) is 2. The standard InChI is InChI=1S/C25H33N3O2S/c1-4-6-15-28(16-7-5-2)23-14-13-20(19(3)17-24(29)30)18-22(23)27-25(31)26-21-11-9-8-10-12-21/h8-14,17-18H,4-7,15-16H2,1-3H3,(H,29,30)(H2,26,27,31)/b19-17+. The number of rotatable bonds is 11. The van der Waals surface area contributed by atoms with E-state index in [1.54, 1.807) is 6.92 Å². The van der Waals surface area contributed by atoms with Crippen LogP contribution in [0.25, 0.3) is 5.57 Å². The molecule has 0 saturated carbocycles. The van der Waals surface area contributed by atoms with E-state index in [4.69, 9.17) is 17.3 Å². The second-order valence-electron chi connectivity index (χ2n) is 7.54. The fraction of sp³-hybridized carbons (Fsp3) is 0.360. The van der Waals surface area contributed by atoms with Crippen LogP contribution in [0.4, 0.5) is 17.1 Å². The highest BCUT2D eigenvalue weighted by Gasteiger charge is 2.14. The van der Waals surface area contributed by atoms with Crippen molar-refractivity contribution in [2.45, 2.75) is 46.5 Å². The number of hydrogen-bond donors (Lipinski definition) is 3. The molecule has 0 fully saturated rings. The summed E-state index contributed by atoms with van der Waals surface area (Å²) in [4.78, 5) is 13.5. The van der Waals surface area contributed by atoms with E-state index in [9.17, 15) is 4.79 Å². The topological polar surface area (TPSA) is 64.6 Å². The molecule has 0 aromatic heterocycles. The number of benzene rings is 2. The lowest BCUT2D eigenvalue weighted by Crippen LogP contribution is -2.28. The summed E-state index contributed by atoms with van der Waals surface area (Å²) >= 11 is 5.57. The van der Waals surface area contributed by atoms with E-state index in [1.165, 1.54) is 6.08 Å². The van der Waals surface area contributed by atoms with E-state index in [1.807, 2.05) is 42.5 Å². The molecule has 0 bridgehead atoms. The van der Waals surface area contributed by atoms with Gasteiger partial charge in [-0.2, -0.15) is 0 Å². The quantitative estimate of drug-likeness (QED) is 0.278. The maximum absolute atomic E-state index is 11.1. The molecule has 0 aliphatic heterocycles. The fourth-order valence-electron chi connectivity index (χ4n) is 3.28. The SMILES string of the molecule is CCCCN(CCCC)c1ccc(/C(C)=C/C(=O)O)cc1NC(=S)Nc1ccccc1. The molecule has 0 amide bonds. The summed E-state index contributed by atoms with van der Waals surface area (Å²) in [6.45, 7) is 8.12. The van der Waals surface area contributed by atoms with E-state index in [0.29, 0.717) is 10.7 Å². The van der Waals surface area contributed by atoms with Crippen LogP contribution < -0.4 is 15.5 Å². The normalized spacial score (nSPS) is 11.1. The van der Waals surface area contributed by atoms with Crippen LogP contribution in [-0.4, -0.2) is 29.3 Å². The predicted octanol–water partition coefficient (Wildman–Crippen LogP) is 6.39. The Bertz CT molecular complexity index is 889. The number of anilines is 3. The summed E-state index contributed by atoms with van der Waals surface area (Å²) in [5, 5.41) is 16.2. The van der Waals surface area contributed by atoms with E-state index in [0.717, 1.165) is 61.4 Å². The van der Waals surface area contributed by atoms with E-state index < -0.39 is 5.97 Å². The van der Waals surface area contributed by atoms with Gasteiger partial charge in [0, 0.05) is 24.9 Å². The third-order valence-corrected chi connectivity index (χ3v) is 5.18. The molecule has 6 heteroatoms. The van der Waals surface area contributed by atoms with Crippen molar-refractivity contribution >= 4 is 45.9 Å². The first-order valence-electron chi connectivity index (χ1n) is 10.9. The Balaban J connectivity index is 2.37. The van der Waals surface area contributed by atoms with Gasteiger partial charge in [-0.1, -0.05) is 51.0 Å². The van der Waals surface area contributed by atoms with Crippen molar-refractivity contribution in [3.8, 4) is 0 Å². The van der Waals surface area contributed by atoms with Gasteiger partial charge in [0.25, 0.3) is 0 Å². The summed E-state index contributed by atoms with van der Waals surface area (Å²) in [5.74, 6) is -0.954. The molecule has 31 heavy (non-hydrogen) atoms. The third kappa shape index (κ3) is 8.06. The molecule has 0 saturated heterocycles. The maximum atomic E-state index is 11.1. The number of nitrogens with zero attached hydrogens (tertiary/aromatic N) is 1. The molecule has 5 nitrogen and oxygen atoms in total. The zero-order valence-corrected chi connectivity index (χ0v) is 19.5. The van der Waals surface area contributed by atoms with Crippen LogP contribution in [-0.2, 0) is 4.79 Å². The number of hydrogen-bond acceptors (Lipinski definition) is 3. The van der Waals surface area contributed by atoms with Gasteiger partial charge in [0.1, 0.15) is 0 Å². The first kappa shape index (κ1) is 24.4. The smallest absolute Gasteiger partial charge is 0.328 e. The number of carboxylic acid groups (broad SMARTS) is 1. The largest absolute Gasteiger partial charge is 0.478 e. The van der Waals surface area contributed by atoms with Gasteiger partial charge in [0.05, 0.1) is 11.4 Å². The average Bonchev–Trinajstić information content (AvgIpc) is 2.74. The highest BCUT2D eigenvalue weighted by molar-refractivity contribution is 7.80. The first-order chi connectivity index (χ1) is 14.9. The van der Waals surface area contributed by atoms with Crippen molar-refractivity contribution in [2.75, 3.05) is 28.6 Å². The van der Waals surface area contributed by atoms with Gasteiger partial charge >= 0.3 is 5.97 Å². The lowest BCUT2D eigenvalue weighted by molar-refractivity contribution is -0.131. The van der Waals surface area contributed by atoms with Gasteiger partial charge in [-0.25, -0.2) is 4.79 Å². The molecule has 0 aliphatic carbocycles. The Kier molecular flexibility index (Phi) is 10.0. The molecule has 0 radical (unpaired) electrons. The Morgan fingerprint density at radius 1 is 1.03 bits per heavy atom. The van der Waals surface area contributed by atoms with E-state index in [-0.39, 0.29) is 0 Å². The summed E-state index contributed by atoms with van der Waals surface area (Å²) < 4.78 is 0. The zero-order chi connectivity index (χ0) is 22.6. The maximum Gasteiger partial charge on any atom is 0.328 e. The summed E-state index contributed by atoms with van der Waals surface area (Å²) in [5.41, 5.74) is 4.40. The van der Waals surface area contributed by atoms with Crippen LogP contribution in [0.3, 0.4) is 0 Å². The summed E-state index contributed by atoms with van der Waals surface area (Å²) in [6.07, 6.45) is 5.69. The van der Waals surface area contributed by atoms with Crippen molar-refractivity contribution in [1.29, 1.82) is 0 Å². The van der Waals surface area contributed by atoms with Crippen molar-refractivity contribution in [1.82, 2.24) is 0 Å². The molecular weight excluding hydrogens is 406 g/mol. The van der Waals surface area contributed by atoms with Crippen molar-refractivity contribution in [3.05, 3.63) is 60.2 Å². The number of carboxylic acids is 1. The predicted molar refractivity (Wildman–Crippen MR) is 136 cm³/mol. The molecular formula is C25H33N3O2S. The number of allylic oxidation sites excluding steroid dienone is 1. The second-order valence-corrected chi connectivity index (χ2v) is 7.95. The van der Waals surface area contributed by atoms with E-state index >= 15 is 0 Å². The fourth-order valence-corrected chi connectivity index (χ4v) is 3.51. The molecule has 2 aromatic carbocycles. The minimum Gasteiger partial charge on any atom is -0.478 e. The van der Waals surface area contributed by atoms with Gasteiger partial charge in [-0.3, -0.25) is 0 Å². The van der Waals surface area contributed by atoms with Crippen LogP contribution in [0, 0.1) is 0 Å². The van der Waals surface area contributed by atoms with Crippen molar-refractivity contribution in [3.63, 3.8) is 0 Å². The van der Waals surface area contributed by atoms with Crippen LogP contribution in [0.2, 0.25) is 0 Å². The summed E-state index contributed by atoms with van der Waals surface area (Å²) in [7, 11) is 0. The van der Waals surface area contributed by atoms with Gasteiger partial charge in [0.2, 0.25) is 0 Å². The van der Waals surface area contributed by atoms with Crippen LogP contribution in [0.5, 0.6) is 0 Å². The highest BCUT2D eigenvalue weighted by atomic mass is 32.1. The molecule has 3 N–H and O–H groups in total. The van der Waals surface area contributed by atoms with Gasteiger partial charge < -0.3 is 20.6 Å². The lowest BCUT2D eigenvalue weighted by Gasteiger charge is -2.28. The molecule has 0 heterocycles. The third-order valence-electron chi connectivity index (χ3n) is 4.98. The molecule has 0 spiro atoms. The van der Waals surface area contributed by atoms with Gasteiger partial charge in [-0.05, 0) is 67.4 Å². The van der Waals surface area contributed by atoms with Crippen molar-refractivity contribution in [2.24, 2.45) is 0 Å². The Hall–Kier alpha value is -2.86. The molecule has 166 valence electrons. The molecule has 0 atom stereocenters. The Morgan fingerprint density at radius 3 is 2.26 bits per heavy atom. The number of thiocarbonyl (C=S) groups is 1. The number of aliphatic carboxylic acids is 1. The van der Waals surface area contributed by atoms with E-state index in [2.05, 4.69) is 35.4 Å². The molecule has 2 aromatic rings. The van der Waals surface area contributed by atoms with Crippen LogP contribution in [0.1, 0.15) is 52.0 Å². The second kappa shape index (κ2) is 12.7. The summed E-state index contributed by atoms with van der Waals surface area (Å²) in [6, 6.07) is 15.8. The zero-order valence-electron chi connectivity index (χ0n) is 18.6. The van der Waals surface area contributed by atoms with Crippen LogP contribution >= 0.6 is 12.2 Å². The van der Waals surface area contributed by atoms with Crippen LogP contribution in [0.15, 0.2) is 54.6 Å². The number of carbonyl (C=O) groups is 1. The molecule has 0 unspecified atom stereocenters. The molecule has 0 aliphatic rings. The number of nitrogens with one attached hydrogen (secondary N) is 2. The minimum atomic E-state index is -0.954. The Morgan fingerprint density at radius 2 is 1.68 bits per heavy atom. The molecule has 2 rings (SSSR count). The Labute approximate surface area is 191 Å². The number of para-hydroxylation sites is 1. The van der Waals surface area contributed by atoms with Gasteiger partial charge in [-0.15, -0.1) is 0 Å². The highest BCUT2D eigenvalue weighted by Crippen LogP contribution is 2.31. The average molecular weight is 440 g/mol. The minimum absolute atomic E-state index is 0.496. The first-order valence-corrected chi connectivity index (χ1v) is 11.3. The lowest BCUT2D eigenvalue weighted by atomic mass is 10.0. The van der Waals surface area contributed by atoms with Crippen molar-refractivity contribution < 1.29 is 9.90 Å².